The minimum absolute atomic E-state index is 0.125. The predicted octanol–water partition coefficient (Wildman–Crippen LogP) is -2.15. The zero-order chi connectivity index (χ0) is 25.1. The highest BCUT2D eigenvalue weighted by molar-refractivity contribution is 7.98. The van der Waals surface area contributed by atoms with Crippen LogP contribution in [-0.2, 0) is 28.8 Å². The average molecular weight is 490 g/mol. The number of hydrogen-bond acceptors (Lipinski definition) is 8. The van der Waals surface area contributed by atoms with Crippen LogP contribution in [0.1, 0.15) is 38.5 Å². The van der Waals surface area contributed by atoms with Crippen molar-refractivity contribution in [1.29, 1.82) is 0 Å². The molecule has 13 nitrogen and oxygen atoms in total. The summed E-state index contributed by atoms with van der Waals surface area (Å²) in [6.07, 6.45) is 1.63. The highest BCUT2D eigenvalue weighted by Crippen LogP contribution is 2.20. The molecule has 0 saturated carbocycles. The van der Waals surface area contributed by atoms with Crippen molar-refractivity contribution >= 4 is 47.3 Å². The molecule has 4 amide bonds. The van der Waals surface area contributed by atoms with E-state index in [0.29, 0.717) is 18.6 Å². The summed E-state index contributed by atoms with van der Waals surface area (Å²) in [5.74, 6) is -5.03. The first-order valence-electron chi connectivity index (χ1n) is 10.4. The largest absolute Gasteiger partial charge is 0.481 e. The van der Waals surface area contributed by atoms with Crippen molar-refractivity contribution in [2.75, 3.05) is 18.6 Å². The number of likely N-dealkylation sites (tertiary alicyclic amines) is 1. The molecule has 1 rings (SSSR count). The topological polar surface area (TPSA) is 222 Å². The molecule has 33 heavy (non-hydrogen) atoms. The molecule has 1 saturated heterocycles. The molecular formula is C19H31N5O8S. The molecule has 0 spiro atoms. The summed E-state index contributed by atoms with van der Waals surface area (Å²) in [5.41, 5.74) is 10.8. The minimum atomic E-state index is -1.44. The van der Waals surface area contributed by atoms with Gasteiger partial charge in [0.25, 0.3) is 0 Å². The molecular weight excluding hydrogens is 458 g/mol. The Morgan fingerprint density at radius 1 is 1.09 bits per heavy atom. The van der Waals surface area contributed by atoms with Crippen LogP contribution in [0.2, 0.25) is 0 Å². The van der Waals surface area contributed by atoms with Gasteiger partial charge in [-0.2, -0.15) is 11.8 Å². The number of carboxylic acids is 2. The van der Waals surface area contributed by atoms with Crippen LogP contribution in [-0.4, -0.2) is 93.4 Å². The third-order valence-electron chi connectivity index (χ3n) is 5.10. The van der Waals surface area contributed by atoms with E-state index in [-0.39, 0.29) is 25.8 Å². The van der Waals surface area contributed by atoms with Crippen molar-refractivity contribution in [2.24, 2.45) is 11.5 Å². The van der Waals surface area contributed by atoms with Gasteiger partial charge in [-0.3, -0.25) is 24.0 Å². The second kappa shape index (κ2) is 13.6. The molecule has 14 heteroatoms. The fraction of sp³-hybridized carbons (Fsp3) is 0.684. The SMILES string of the molecule is CSCCC(N)C(=O)NC(CC(=O)O)C(=O)N1CCCC1C(=O)NC(CCC(N)=O)C(=O)O. The lowest BCUT2D eigenvalue weighted by Gasteiger charge is -2.29. The summed E-state index contributed by atoms with van der Waals surface area (Å²) < 4.78 is 0. The highest BCUT2D eigenvalue weighted by atomic mass is 32.2. The van der Waals surface area contributed by atoms with Crippen molar-refractivity contribution in [2.45, 2.75) is 62.7 Å². The number of nitrogens with two attached hydrogens (primary N) is 2. The Labute approximate surface area is 195 Å². The molecule has 4 unspecified atom stereocenters. The second-order valence-electron chi connectivity index (χ2n) is 7.64. The molecule has 0 aromatic rings. The number of amides is 4. The molecule has 1 aliphatic heterocycles. The quantitative estimate of drug-likeness (QED) is 0.155. The standard InChI is InChI=1S/C19H31N5O8S/c1-33-8-6-10(20)16(28)23-12(9-15(26)27)18(30)24-7-2-3-13(24)17(29)22-11(19(31)32)4-5-14(21)25/h10-13H,2-9,20H2,1H3,(H2,21,25)(H,22,29)(H,23,28)(H,26,27)(H,31,32). The van der Waals surface area contributed by atoms with E-state index in [4.69, 9.17) is 11.5 Å². The summed E-state index contributed by atoms with van der Waals surface area (Å²) in [7, 11) is 0. The van der Waals surface area contributed by atoms with Crippen LogP contribution in [0.15, 0.2) is 0 Å². The van der Waals surface area contributed by atoms with Crippen LogP contribution in [0.3, 0.4) is 0 Å². The number of primary amides is 1. The minimum Gasteiger partial charge on any atom is -0.481 e. The molecule has 0 aromatic carbocycles. The average Bonchev–Trinajstić information content (AvgIpc) is 3.22. The fourth-order valence-electron chi connectivity index (χ4n) is 3.34. The summed E-state index contributed by atoms with van der Waals surface area (Å²) in [6, 6.07) is -4.80. The lowest BCUT2D eigenvalue weighted by atomic mass is 10.1. The van der Waals surface area contributed by atoms with Gasteiger partial charge in [-0.15, -0.1) is 0 Å². The third kappa shape index (κ3) is 9.26. The maximum absolute atomic E-state index is 13.0. The Balaban J connectivity index is 2.92. The van der Waals surface area contributed by atoms with Gasteiger partial charge in [0.1, 0.15) is 18.1 Å². The van der Waals surface area contributed by atoms with Gasteiger partial charge >= 0.3 is 11.9 Å². The molecule has 0 bridgehead atoms. The Hall–Kier alpha value is -2.87. The Morgan fingerprint density at radius 2 is 1.76 bits per heavy atom. The number of thioether (sulfide) groups is 1. The molecule has 1 heterocycles. The van der Waals surface area contributed by atoms with Gasteiger partial charge in [0.15, 0.2) is 0 Å². The Morgan fingerprint density at radius 3 is 2.30 bits per heavy atom. The summed E-state index contributed by atoms with van der Waals surface area (Å²) in [5, 5.41) is 23.1. The maximum atomic E-state index is 13.0. The molecule has 8 N–H and O–H groups in total. The van der Waals surface area contributed by atoms with Crippen molar-refractivity contribution in [3.8, 4) is 0 Å². The van der Waals surface area contributed by atoms with E-state index in [1.54, 1.807) is 0 Å². The van der Waals surface area contributed by atoms with E-state index in [2.05, 4.69) is 10.6 Å². The maximum Gasteiger partial charge on any atom is 0.326 e. The van der Waals surface area contributed by atoms with Crippen molar-refractivity contribution < 1.29 is 39.0 Å². The number of nitrogens with zero attached hydrogens (tertiary/aromatic N) is 1. The Bertz CT molecular complexity index is 764. The Kier molecular flexibility index (Phi) is 11.6. The van der Waals surface area contributed by atoms with Gasteiger partial charge in [-0.25, -0.2) is 4.79 Å². The zero-order valence-electron chi connectivity index (χ0n) is 18.3. The van der Waals surface area contributed by atoms with Gasteiger partial charge in [-0.05, 0) is 37.7 Å². The van der Waals surface area contributed by atoms with Crippen LogP contribution in [0.4, 0.5) is 0 Å². The van der Waals surface area contributed by atoms with Crippen molar-refractivity contribution in [1.82, 2.24) is 15.5 Å². The summed E-state index contributed by atoms with van der Waals surface area (Å²) >= 11 is 1.48. The molecule has 186 valence electrons. The van der Waals surface area contributed by atoms with Crippen molar-refractivity contribution in [3.05, 3.63) is 0 Å². The lowest BCUT2D eigenvalue weighted by molar-refractivity contribution is -0.147. The number of carbonyl (C=O) groups is 6. The summed E-state index contributed by atoms with van der Waals surface area (Å²) in [4.78, 5) is 72.8. The molecule has 1 aliphatic rings. The fourth-order valence-corrected chi connectivity index (χ4v) is 3.83. The van der Waals surface area contributed by atoms with Gasteiger partial charge in [0.05, 0.1) is 12.5 Å². The first-order chi connectivity index (χ1) is 15.5. The molecule has 0 aliphatic carbocycles. The van der Waals surface area contributed by atoms with E-state index in [0.717, 1.165) is 4.90 Å². The molecule has 0 aromatic heterocycles. The number of rotatable bonds is 14. The van der Waals surface area contributed by atoms with Crippen LogP contribution in [0.25, 0.3) is 0 Å². The van der Waals surface area contributed by atoms with E-state index in [1.807, 2.05) is 6.26 Å². The number of aliphatic carboxylic acids is 2. The molecule has 4 atom stereocenters. The second-order valence-corrected chi connectivity index (χ2v) is 8.63. The number of nitrogens with one attached hydrogen (secondary N) is 2. The van der Waals surface area contributed by atoms with Gasteiger partial charge in [0.2, 0.25) is 23.6 Å². The van der Waals surface area contributed by atoms with Crippen molar-refractivity contribution in [3.63, 3.8) is 0 Å². The molecule has 1 fully saturated rings. The van der Waals surface area contributed by atoms with E-state index in [9.17, 15) is 39.0 Å². The number of hydrogen-bond donors (Lipinski definition) is 6. The van der Waals surface area contributed by atoms with E-state index >= 15 is 0 Å². The van der Waals surface area contributed by atoms with Gasteiger partial charge in [-0.1, -0.05) is 0 Å². The zero-order valence-corrected chi connectivity index (χ0v) is 19.1. The van der Waals surface area contributed by atoms with Crippen LogP contribution >= 0.6 is 11.8 Å². The van der Waals surface area contributed by atoms with E-state index in [1.165, 1.54) is 11.8 Å². The first kappa shape index (κ1) is 28.2. The van der Waals surface area contributed by atoms with Crippen LogP contribution in [0.5, 0.6) is 0 Å². The third-order valence-corrected chi connectivity index (χ3v) is 5.74. The van der Waals surface area contributed by atoms with Gasteiger partial charge < -0.3 is 37.2 Å². The number of carboxylic acid groups (broad SMARTS) is 2. The van der Waals surface area contributed by atoms with Crippen LogP contribution < -0.4 is 22.1 Å². The number of carbonyl (C=O) groups excluding carboxylic acids is 4. The predicted molar refractivity (Wildman–Crippen MR) is 118 cm³/mol. The van der Waals surface area contributed by atoms with Crippen LogP contribution in [0, 0.1) is 0 Å². The highest BCUT2D eigenvalue weighted by Gasteiger charge is 2.39. The smallest absolute Gasteiger partial charge is 0.326 e. The first-order valence-corrected chi connectivity index (χ1v) is 11.8. The normalized spacial score (nSPS) is 18.1. The van der Waals surface area contributed by atoms with E-state index < -0.39 is 66.2 Å². The monoisotopic (exact) mass is 489 g/mol. The van der Waals surface area contributed by atoms with Gasteiger partial charge in [0, 0.05) is 13.0 Å². The molecule has 0 radical (unpaired) electrons. The summed E-state index contributed by atoms with van der Waals surface area (Å²) in [6.45, 7) is 0.125. The lowest BCUT2D eigenvalue weighted by Crippen LogP contribution is -2.57.